The molecule has 2 aliphatic rings. The average molecular weight is 348 g/mol. The zero-order chi connectivity index (χ0) is 17.7. The first-order valence-electron chi connectivity index (χ1n) is 9.87. The maximum absolute atomic E-state index is 12.4. The molecule has 25 heavy (non-hydrogen) atoms. The molecule has 1 spiro atoms. The van der Waals surface area contributed by atoms with Crippen molar-refractivity contribution in [3.63, 3.8) is 0 Å². The van der Waals surface area contributed by atoms with Gasteiger partial charge in [-0.1, -0.05) is 19.3 Å². The third-order valence-electron chi connectivity index (χ3n) is 5.86. The Kier molecular flexibility index (Phi) is 6.05. The van der Waals surface area contributed by atoms with Crippen molar-refractivity contribution < 1.29 is 9.53 Å². The van der Waals surface area contributed by atoms with E-state index in [9.17, 15) is 4.79 Å². The molecule has 5 nitrogen and oxygen atoms in total. The van der Waals surface area contributed by atoms with E-state index in [1.54, 1.807) is 0 Å². The molecule has 2 N–H and O–H groups in total. The molecule has 1 aromatic rings. The zero-order valence-corrected chi connectivity index (χ0v) is 15.7. The number of carbonyl (C=O) groups excluding carboxylic acids is 1. The molecule has 0 bridgehead atoms. The highest BCUT2D eigenvalue weighted by Gasteiger charge is 2.38. The number of ether oxygens (including phenoxy) is 1. The van der Waals surface area contributed by atoms with Crippen molar-refractivity contribution >= 4 is 6.03 Å². The van der Waals surface area contributed by atoms with Gasteiger partial charge in [0, 0.05) is 37.6 Å². The predicted molar refractivity (Wildman–Crippen MR) is 99.7 cm³/mol. The molecule has 2 fully saturated rings. The number of aryl methyl sites for hydroxylation is 2. The Balaban J connectivity index is 1.41. The minimum atomic E-state index is -0.0303. The smallest absolute Gasteiger partial charge is 0.315 e. The summed E-state index contributed by atoms with van der Waals surface area (Å²) in [6.07, 6.45) is 12.0. The van der Waals surface area contributed by atoms with E-state index < -0.39 is 0 Å². The Labute approximate surface area is 151 Å². The summed E-state index contributed by atoms with van der Waals surface area (Å²) in [5.41, 5.74) is 1.34. The molecule has 3 rings (SSSR count). The Hall–Kier alpha value is -1.49. The number of nitrogens with one attached hydrogen (secondary N) is 2. The molecule has 1 saturated carbocycles. The molecule has 0 radical (unpaired) electrons. The minimum Gasteiger partial charge on any atom is -0.375 e. The van der Waals surface area contributed by atoms with Gasteiger partial charge in [-0.25, -0.2) is 4.79 Å². The van der Waals surface area contributed by atoms with Gasteiger partial charge >= 0.3 is 6.03 Å². The van der Waals surface area contributed by atoms with Gasteiger partial charge in [-0.2, -0.15) is 0 Å². The number of urea groups is 1. The molecule has 1 aliphatic carbocycles. The monoisotopic (exact) mass is 347 g/mol. The van der Waals surface area contributed by atoms with Crippen LogP contribution >= 0.6 is 0 Å². The van der Waals surface area contributed by atoms with Crippen LogP contribution in [0.2, 0.25) is 0 Å². The average Bonchev–Trinajstić information content (AvgIpc) is 2.99. The highest BCUT2D eigenvalue weighted by atomic mass is 16.5. The van der Waals surface area contributed by atoms with Crippen molar-refractivity contribution in [2.45, 2.75) is 82.4 Å². The summed E-state index contributed by atoms with van der Waals surface area (Å²) in [5, 5.41) is 6.29. The molecule has 140 valence electrons. The fourth-order valence-corrected chi connectivity index (χ4v) is 4.34. The van der Waals surface area contributed by atoms with Crippen LogP contribution in [0.15, 0.2) is 18.3 Å². The van der Waals surface area contributed by atoms with Gasteiger partial charge in [0.05, 0.1) is 5.60 Å². The topological polar surface area (TPSA) is 55.3 Å². The molecule has 1 aromatic heterocycles. The first-order valence-corrected chi connectivity index (χ1v) is 9.87. The molecule has 2 amide bonds. The van der Waals surface area contributed by atoms with E-state index in [0.29, 0.717) is 0 Å². The second-order valence-corrected chi connectivity index (χ2v) is 7.95. The number of amides is 2. The van der Waals surface area contributed by atoms with Gasteiger partial charge in [-0.05, 0) is 57.6 Å². The highest BCUT2D eigenvalue weighted by molar-refractivity contribution is 5.74. The molecule has 5 heteroatoms. The third kappa shape index (κ3) is 5.00. The summed E-state index contributed by atoms with van der Waals surface area (Å²) in [5.74, 6) is 0. The van der Waals surface area contributed by atoms with Crippen molar-refractivity contribution in [3.05, 3.63) is 24.0 Å². The van der Waals surface area contributed by atoms with E-state index in [-0.39, 0.29) is 23.7 Å². The van der Waals surface area contributed by atoms with Crippen LogP contribution in [0.1, 0.15) is 64.0 Å². The molecule has 1 aliphatic heterocycles. The predicted octanol–water partition coefficient (Wildman–Crippen LogP) is 3.53. The van der Waals surface area contributed by atoms with Crippen molar-refractivity contribution in [2.75, 3.05) is 6.61 Å². The Bertz CT molecular complexity index is 558. The van der Waals surface area contributed by atoms with Gasteiger partial charge in [0.1, 0.15) is 0 Å². The Morgan fingerprint density at radius 3 is 2.92 bits per heavy atom. The van der Waals surface area contributed by atoms with Gasteiger partial charge in [-0.15, -0.1) is 0 Å². The number of rotatable bonds is 5. The van der Waals surface area contributed by atoms with Crippen molar-refractivity contribution in [1.82, 2.24) is 15.2 Å². The molecule has 0 unspecified atom stereocenters. The van der Waals surface area contributed by atoms with E-state index in [1.807, 2.05) is 0 Å². The lowest BCUT2D eigenvalue weighted by molar-refractivity contribution is -0.107. The lowest BCUT2D eigenvalue weighted by Gasteiger charge is -2.43. The van der Waals surface area contributed by atoms with E-state index in [4.69, 9.17) is 4.74 Å². The van der Waals surface area contributed by atoms with Gasteiger partial charge in [0.2, 0.25) is 0 Å². The standard InChI is InChI=1S/C20H33N3O2/c1-16(8-9-18-7-6-13-23(18)2)21-19(24)22-17-10-14-25-20(15-17)11-4-3-5-12-20/h6-7,13,16-17H,3-5,8-12,14-15H2,1-2H3,(H2,21,22,24)/t16-,17+/m1/s1. The highest BCUT2D eigenvalue weighted by Crippen LogP contribution is 2.38. The summed E-state index contributed by atoms with van der Waals surface area (Å²) >= 11 is 0. The molecule has 0 aromatic carbocycles. The van der Waals surface area contributed by atoms with Crippen LogP contribution in [0.5, 0.6) is 0 Å². The second kappa shape index (κ2) is 8.26. The lowest BCUT2D eigenvalue weighted by atomic mass is 9.78. The van der Waals surface area contributed by atoms with Crippen LogP contribution in [0.3, 0.4) is 0 Å². The number of carbonyl (C=O) groups is 1. The van der Waals surface area contributed by atoms with Crippen molar-refractivity contribution in [2.24, 2.45) is 7.05 Å². The van der Waals surface area contributed by atoms with E-state index in [1.165, 1.54) is 25.0 Å². The fourth-order valence-electron chi connectivity index (χ4n) is 4.34. The summed E-state index contributed by atoms with van der Waals surface area (Å²) < 4.78 is 8.25. The largest absolute Gasteiger partial charge is 0.375 e. The van der Waals surface area contributed by atoms with E-state index >= 15 is 0 Å². The quantitative estimate of drug-likeness (QED) is 0.856. The van der Waals surface area contributed by atoms with Crippen molar-refractivity contribution in [3.8, 4) is 0 Å². The van der Waals surface area contributed by atoms with Gasteiger partial charge in [-0.3, -0.25) is 0 Å². The number of nitrogens with zero attached hydrogens (tertiary/aromatic N) is 1. The molecule has 1 saturated heterocycles. The van der Waals surface area contributed by atoms with Gasteiger partial charge < -0.3 is 19.9 Å². The van der Waals surface area contributed by atoms with Gasteiger partial charge in [0.25, 0.3) is 0 Å². The molecule has 2 atom stereocenters. The van der Waals surface area contributed by atoms with E-state index in [2.05, 4.69) is 47.5 Å². The molecule has 2 heterocycles. The SMILES string of the molecule is C[C@H](CCc1cccn1C)NC(=O)N[C@H]1CCOC2(CCCCC2)C1. The van der Waals surface area contributed by atoms with Crippen LogP contribution in [0.25, 0.3) is 0 Å². The van der Waals surface area contributed by atoms with Crippen molar-refractivity contribution in [1.29, 1.82) is 0 Å². The summed E-state index contributed by atoms with van der Waals surface area (Å²) in [6.45, 7) is 2.85. The minimum absolute atomic E-state index is 0.0303. The van der Waals surface area contributed by atoms with Gasteiger partial charge in [0.15, 0.2) is 0 Å². The number of hydrogen-bond acceptors (Lipinski definition) is 2. The van der Waals surface area contributed by atoms with Crippen LogP contribution in [0, 0.1) is 0 Å². The third-order valence-corrected chi connectivity index (χ3v) is 5.86. The zero-order valence-electron chi connectivity index (χ0n) is 15.7. The van der Waals surface area contributed by atoms with Crippen LogP contribution in [-0.2, 0) is 18.2 Å². The fraction of sp³-hybridized carbons (Fsp3) is 0.750. The second-order valence-electron chi connectivity index (χ2n) is 7.95. The summed E-state index contributed by atoms with van der Waals surface area (Å²) in [6, 6.07) is 4.58. The van der Waals surface area contributed by atoms with Crippen LogP contribution in [-0.4, -0.2) is 34.9 Å². The first-order chi connectivity index (χ1) is 12.1. The van der Waals surface area contributed by atoms with Crippen LogP contribution < -0.4 is 10.6 Å². The Morgan fingerprint density at radius 1 is 1.40 bits per heavy atom. The Morgan fingerprint density at radius 2 is 2.20 bits per heavy atom. The maximum Gasteiger partial charge on any atom is 0.315 e. The van der Waals surface area contributed by atoms with Crippen LogP contribution in [0.4, 0.5) is 4.79 Å². The normalized spacial score (nSPS) is 24.0. The first kappa shape index (κ1) is 18.3. The summed E-state index contributed by atoms with van der Waals surface area (Å²) in [4.78, 5) is 12.4. The molecular formula is C20H33N3O2. The lowest BCUT2D eigenvalue weighted by Crippen LogP contribution is -2.52. The maximum atomic E-state index is 12.4. The number of hydrogen-bond donors (Lipinski definition) is 2. The molecular weight excluding hydrogens is 314 g/mol. The summed E-state index contributed by atoms with van der Waals surface area (Å²) in [7, 11) is 2.06. The van der Waals surface area contributed by atoms with E-state index in [0.717, 1.165) is 45.1 Å². The number of aromatic nitrogens is 1.